The summed E-state index contributed by atoms with van der Waals surface area (Å²) in [4.78, 5) is 25.5. The Balaban J connectivity index is 1.79. The molecule has 1 aliphatic heterocycles. The van der Waals surface area contributed by atoms with Crippen molar-refractivity contribution in [2.24, 2.45) is 11.8 Å². The fourth-order valence-electron chi connectivity index (χ4n) is 3.19. The van der Waals surface area contributed by atoms with E-state index in [0.717, 1.165) is 24.8 Å². The van der Waals surface area contributed by atoms with Gasteiger partial charge >= 0.3 is 5.97 Å². The summed E-state index contributed by atoms with van der Waals surface area (Å²) in [7, 11) is 0. The van der Waals surface area contributed by atoms with Crippen LogP contribution in [0.5, 0.6) is 0 Å². The summed E-state index contributed by atoms with van der Waals surface area (Å²) < 4.78 is 0. The van der Waals surface area contributed by atoms with Crippen LogP contribution in [0.25, 0.3) is 0 Å². The monoisotopic (exact) mass is 273 g/mol. The minimum Gasteiger partial charge on any atom is -0.481 e. The average Bonchev–Trinajstić information content (AvgIpc) is 2.83. The minimum absolute atomic E-state index is 0.0854. The number of nitrogens with zero attached hydrogens (tertiary/aromatic N) is 1. The van der Waals surface area contributed by atoms with Gasteiger partial charge in [-0.1, -0.05) is 36.8 Å². The van der Waals surface area contributed by atoms with E-state index in [2.05, 4.69) is 0 Å². The number of likely N-dealkylation sites (tertiary alicyclic amines) is 1. The molecule has 1 heterocycles. The Hall–Kier alpha value is -1.84. The smallest absolute Gasteiger partial charge is 0.308 e. The largest absolute Gasteiger partial charge is 0.481 e. The van der Waals surface area contributed by atoms with Crippen molar-refractivity contribution in [3.05, 3.63) is 35.9 Å². The fourth-order valence-corrected chi connectivity index (χ4v) is 3.19. The predicted octanol–water partition coefficient (Wildman–Crippen LogP) is 2.11. The van der Waals surface area contributed by atoms with Crippen LogP contribution in [-0.2, 0) is 9.59 Å². The van der Waals surface area contributed by atoms with Crippen LogP contribution in [0.3, 0.4) is 0 Å². The highest BCUT2D eigenvalue weighted by atomic mass is 16.4. The molecular weight excluding hydrogens is 254 g/mol. The van der Waals surface area contributed by atoms with Gasteiger partial charge in [-0.2, -0.15) is 0 Å². The van der Waals surface area contributed by atoms with Crippen LogP contribution in [0.2, 0.25) is 0 Å². The highest BCUT2D eigenvalue weighted by Crippen LogP contribution is 2.36. The number of aliphatic carboxylic acids is 1. The first-order valence-corrected chi connectivity index (χ1v) is 7.23. The van der Waals surface area contributed by atoms with Gasteiger partial charge in [0.05, 0.1) is 5.92 Å². The van der Waals surface area contributed by atoms with E-state index in [0.29, 0.717) is 13.1 Å². The summed E-state index contributed by atoms with van der Waals surface area (Å²) in [6, 6.07) is 9.68. The van der Waals surface area contributed by atoms with Gasteiger partial charge in [0, 0.05) is 24.9 Å². The van der Waals surface area contributed by atoms with E-state index in [9.17, 15) is 14.7 Å². The number of benzene rings is 1. The molecule has 1 aliphatic carbocycles. The molecule has 1 saturated carbocycles. The summed E-state index contributed by atoms with van der Waals surface area (Å²) in [6.07, 6.45) is 3.04. The van der Waals surface area contributed by atoms with E-state index in [1.54, 1.807) is 4.90 Å². The molecule has 0 aromatic heterocycles. The zero-order chi connectivity index (χ0) is 14.1. The Kier molecular flexibility index (Phi) is 3.47. The van der Waals surface area contributed by atoms with Gasteiger partial charge in [0.25, 0.3) is 0 Å². The van der Waals surface area contributed by atoms with E-state index in [-0.39, 0.29) is 17.7 Å². The molecule has 0 radical (unpaired) electrons. The topological polar surface area (TPSA) is 57.6 Å². The van der Waals surface area contributed by atoms with Crippen LogP contribution in [0, 0.1) is 11.8 Å². The molecule has 4 heteroatoms. The first-order valence-electron chi connectivity index (χ1n) is 7.23. The van der Waals surface area contributed by atoms with Crippen molar-refractivity contribution in [2.75, 3.05) is 13.1 Å². The van der Waals surface area contributed by atoms with Crippen LogP contribution in [0.1, 0.15) is 30.7 Å². The van der Waals surface area contributed by atoms with Crippen molar-refractivity contribution in [1.82, 2.24) is 4.90 Å². The van der Waals surface area contributed by atoms with E-state index in [1.807, 2.05) is 30.3 Å². The van der Waals surface area contributed by atoms with Crippen molar-refractivity contribution in [1.29, 1.82) is 0 Å². The van der Waals surface area contributed by atoms with E-state index >= 15 is 0 Å². The molecule has 3 rings (SSSR count). The van der Waals surface area contributed by atoms with Crippen LogP contribution < -0.4 is 0 Å². The Morgan fingerprint density at radius 1 is 1.10 bits per heavy atom. The molecule has 20 heavy (non-hydrogen) atoms. The van der Waals surface area contributed by atoms with Gasteiger partial charge in [-0.3, -0.25) is 9.59 Å². The molecule has 1 N–H and O–H groups in total. The number of carbonyl (C=O) groups excluding carboxylic acids is 1. The highest BCUT2D eigenvalue weighted by molar-refractivity contribution is 5.82. The van der Waals surface area contributed by atoms with Crippen LogP contribution in [0.4, 0.5) is 0 Å². The zero-order valence-corrected chi connectivity index (χ0v) is 11.4. The lowest BCUT2D eigenvalue weighted by atomic mass is 9.84. The van der Waals surface area contributed by atoms with E-state index in [4.69, 9.17) is 0 Å². The van der Waals surface area contributed by atoms with Crippen LogP contribution >= 0.6 is 0 Å². The molecule has 2 fully saturated rings. The average molecular weight is 273 g/mol. The number of carboxylic acid groups (broad SMARTS) is 1. The Labute approximate surface area is 118 Å². The molecule has 1 saturated heterocycles. The normalized spacial score (nSPS) is 26.3. The molecule has 1 aromatic rings. The molecular formula is C16H19NO3. The van der Waals surface area contributed by atoms with Crippen molar-refractivity contribution < 1.29 is 14.7 Å². The highest BCUT2D eigenvalue weighted by Gasteiger charge is 2.42. The molecule has 4 nitrogen and oxygen atoms in total. The van der Waals surface area contributed by atoms with Gasteiger partial charge in [0.2, 0.25) is 5.91 Å². The molecule has 0 unspecified atom stereocenters. The zero-order valence-electron chi connectivity index (χ0n) is 11.4. The quantitative estimate of drug-likeness (QED) is 0.917. The third kappa shape index (κ3) is 2.30. The van der Waals surface area contributed by atoms with Crippen LogP contribution in [0.15, 0.2) is 30.3 Å². The van der Waals surface area contributed by atoms with E-state index < -0.39 is 11.9 Å². The van der Waals surface area contributed by atoms with Gasteiger partial charge in [-0.15, -0.1) is 0 Å². The molecule has 1 amide bonds. The van der Waals surface area contributed by atoms with Crippen molar-refractivity contribution >= 4 is 11.9 Å². The second kappa shape index (κ2) is 5.27. The third-order valence-electron chi connectivity index (χ3n) is 4.63. The second-order valence-electron chi connectivity index (χ2n) is 5.83. The maximum absolute atomic E-state index is 12.3. The summed E-state index contributed by atoms with van der Waals surface area (Å²) in [5, 5.41) is 9.42. The van der Waals surface area contributed by atoms with Crippen molar-refractivity contribution in [3.8, 4) is 0 Å². The van der Waals surface area contributed by atoms with Gasteiger partial charge in [-0.25, -0.2) is 0 Å². The van der Waals surface area contributed by atoms with Crippen molar-refractivity contribution in [3.63, 3.8) is 0 Å². The maximum atomic E-state index is 12.3. The summed E-state index contributed by atoms with van der Waals surface area (Å²) in [6.45, 7) is 0.889. The predicted molar refractivity (Wildman–Crippen MR) is 74.2 cm³/mol. The summed E-state index contributed by atoms with van der Waals surface area (Å²) >= 11 is 0. The van der Waals surface area contributed by atoms with Gasteiger partial charge < -0.3 is 10.0 Å². The minimum atomic E-state index is -0.803. The number of rotatable bonds is 3. The Morgan fingerprint density at radius 2 is 1.80 bits per heavy atom. The third-order valence-corrected chi connectivity index (χ3v) is 4.63. The first kappa shape index (κ1) is 13.2. The molecule has 0 spiro atoms. The number of hydrogen-bond acceptors (Lipinski definition) is 2. The van der Waals surface area contributed by atoms with Gasteiger partial charge in [-0.05, 0) is 18.4 Å². The maximum Gasteiger partial charge on any atom is 0.308 e. The van der Waals surface area contributed by atoms with Gasteiger partial charge in [0.1, 0.15) is 0 Å². The van der Waals surface area contributed by atoms with Crippen molar-refractivity contribution in [2.45, 2.75) is 25.2 Å². The van der Waals surface area contributed by atoms with Gasteiger partial charge in [0.15, 0.2) is 0 Å². The Bertz CT molecular complexity index is 510. The summed E-state index contributed by atoms with van der Waals surface area (Å²) in [5.74, 6) is -1.08. The van der Waals surface area contributed by atoms with Crippen LogP contribution in [-0.4, -0.2) is 35.0 Å². The van der Waals surface area contributed by atoms with E-state index in [1.165, 1.54) is 0 Å². The summed E-state index contributed by atoms with van der Waals surface area (Å²) in [5.41, 5.74) is 1.02. The lowest BCUT2D eigenvalue weighted by molar-refractivity contribution is -0.142. The standard InChI is InChI=1S/C16H19NO3/c18-15(12-7-4-8-12)17-9-13(14(10-17)16(19)20)11-5-2-1-3-6-11/h1-3,5-6,12-14H,4,7-10H2,(H,19,20)/t13-,14+/m0/s1. The number of carbonyl (C=O) groups is 2. The molecule has 1 aromatic carbocycles. The molecule has 106 valence electrons. The molecule has 0 bridgehead atoms. The second-order valence-corrected chi connectivity index (χ2v) is 5.83. The lowest BCUT2D eigenvalue weighted by Gasteiger charge is -2.29. The number of amides is 1. The molecule has 2 atom stereocenters. The number of hydrogen-bond donors (Lipinski definition) is 1. The first-order chi connectivity index (χ1) is 9.66. The Morgan fingerprint density at radius 3 is 2.35 bits per heavy atom. The molecule has 2 aliphatic rings. The number of carboxylic acids is 1. The fraction of sp³-hybridized carbons (Fsp3) is 0.500. The lowest BCUT2D eigenvalue weighted by Crippen LogP contribution is -2.37. The SMILES string of the molecule is O=C(O)[C@@H]1CN(C(=O)C2CCC2)C[C@H]1c1ccccc1.